The second-order valence-electron chi connectivity index (χ2n) is 2.54. The van der Waals surface area contributed by atoms with Crippen molar-refractivity contribution < 1.29 is 9.53 Å². The summed E-state index contributed by atoms with van der Waals surface area (Å²) < 4.78 is 4.48. The van der Waals surface area contributed by atoms with Crippen LogP contribution in [-0.2, 0) is 9.53 Å². The number of hydrogen-bond donors (Lipinski definition) is 2. The molecule has 4 heteroatoms. The summed E-state index contributed by atoms with van der Waals surface area (Å²) >= 11 is 0. The SMILES string of the molecule is CCCCCC(=O)NC(=N)OC. The molecule has 0 spiro atoms. The van der Waals surface area contributed by atoms with Crippen LogP contribution in [0.5, 0.6) is 0 Å². The average Bonchev–Trinajstić information content (AvgIpc) is 2.05. The smallest absolute Gasteiger partial charge is 0.288 e. The molecule has 0 aromatic heterocycles. The maximum Gasteiger partial charge on any atom is 0.288 e. The third-order valence-electron chi connectivity index (χ3n) is 1.46. The number of hydrogen-bond acceptors (Lipinski definition) is 3. The molecule has 1 amide bonds. The maximum atomic E-state index is 11.0. The van der Waals surface area contributed by atoms with Gasteiger partial charge in [-0.15, -0.1) is 0 Å². The van der Waals surface area contributed by atoms with Gasteiger partial charge in [0.2, 0.25) is 5.91 Å². The van der Waals surface area contributed by atoms with E-state index in [0.717, 1.165) is 19.3 Å². The summed E-state index contributed by atoms with van der Waals surface area (Å²) in [5.41, 5.74) is 0. The predicted molar refractivity (Wildman–Crippen MR) is 47.0 cm³/mol. The Morgan fingerprint density at radius 1 is 1.50 bits per heavy atom. The van der Waals surface area contributed by atoms with Crippen molar-refractivity contribution in [3.63, 3.8) is 0 Å². The molecule has 0 rings (SSSR count). The van der Waals surface area contributed by atoms with Gasteiger partial charge in [0, 0.05) is 6.42 Å². The predicted octanol–water partition coefficient (Wildman–Crippen LogP) is 1.26. The molecule has 0 atom stereocenters. The third-order valence-corrected chi connectivity index (χ3v) is 1.46. The van der Waals surface area contributed by atoms with Crippen molar-refractivity contribution in [1.82, 2.24) is 5.32 Å². The number of methoxy groups -OCH3 is 1. The summed E-state index contributed by atoms with van der Waals surface area (Å²) in [4.78, 5) is 11.0. The zero-order chi connectivity index (χ0) is 9.40. The number of nitrogens with one attached hydrogen (secondary N) is 2. The number of carbonyl (C=O) groups is 1. The highest BCUT2D eigenvalue weighted by Gasteiger charge is 2.02. The fourth-order valence-electron chi connectivity index (χ4n) is 0.776. The molecular weight excluding hydrogens is 156 g/mol. The Morgan fingerprint density at radius 2 is 2.17 bits per heavy atom. The Balaban J connectivity index is 3.40. The van der Waals surface area contributed by atoms with Crippen LogP contribution in [0.3, 0.4) is 0 Å². The van der Waals surface area contributed by atoms with Gasteiger partial charge >= 0.3 is 0 Å². The lowest BCUT2D eigenvalue weighted by Crippen LogP contribution is -2.30. The van der Waals surface area contributed by atoms with Gasteiger partial charge in [-0.1, -0.05) is 19.8 Å². The Kier molecular flexibility index (Phi) is 6.05. The van der Waals surface area contributed by atoms with Gasteiger partial charge in [0.1, 0.15) is 0 Å². The van der Waals surface area contributed by atoms with E-state index < -0.39 is 0 Å². The number of rotatable bonds is 4. The van der Waals surface area contributed by atoms with Crippen molar-refractivity contribution in [2.75, 3.05) is 7.11 Å². The topological polar surface area (TPSA) is 62.2 Å². The van der Waals surface area contributed by atoms with E-state index in [4.69, 9.17) is 5.41 Å². The minimum atomic E-state index is -0.184. The average molecular weight is 172 g/mol. The van der Waals surface area contributed by atoms with Crippen LogP contribution in [0, 0.1) is 5.41 Å². The standard InChI is InChI=1S/C8H16N2O2/c1-3-4-5-6-7(11)10-8(9)12-2/h3-6H2,1-2H3,(H2,9,10,11). The van der Waals surface area contributed by atoms with Gasteiger partial charge in [0.05, 0.1) is 7.11 Å². The van der Waals surface area contributed by atoms with Crippen molar-refractivity contribution in [3.8, 4) is 0 Å². The van der Waals surface area contributed by atoms with Crippen LogP contribution in [0.1, 0.15) is 32.6 Å². The Bertz CT molecular complexity index is 157. The van der Waals surface area contributed by atoms with Crippen LogP contribution < -0.4 is 5.32 Å². The van der Waals surface area contributed by atoms with Crippen molar-refractivity contribution in [2.45, 2.75) is 32.6 Å². The Hall–Kier alpha value is -1.06. The monoisotopic (exact) mass is 172 g/mol. The first-order valence-electron chi connectivity index (χ1n) is 4.13. The lowest BCUT2D eigenvalue weighted by molar-refractivity contribution is -0.120. The summed E-state index contributed by atoms with van der Waals surface area (Å²) in [5.74, 6) is -0.143. The zero-order valence-corrected chi connectivity index (χ0v) is 7.64. The number of ether oxygens (including phenoxy) is 1. The molecule has 0 aromatic carbocycles. The minimum Gasteiger partial charge on any atom is -0.468 e. The van der Waals surface area contributed by atoms with Crippen LogP contribution >= 0.6 is 0 Å². The van der Waals surface area contributed by atoms with Gasteiger partial charge in [-0.25, -0.2) is 0 Å². The molecule has 0 radical (unpaired) electrons. The maximum absolute atomic E-state index is 11.0. The molecule has 0 saturated carbocycles. The highest BCUT2D eigenvalue weighted by molar-refractivity contribution is 5.92. The summed E-state index contributed by atoms with van der Waals surface area (Å²) in [6, 6.07) is -0.184. The third kappa shape index (κ3) is 5.70. The van der Waals surface area contributed by atoms with Gasteiger partial charge in [-0.3, -0.25) is 15.5 Å². The highest BCUT2D eigenvalue weighted by Crippen LogP contribution is 1.97. The zero-order valence-electron chi connectivity index (χ0n) is 7.64. The van der Waals surface area contributed by atoms with Gasteiger partial charge in [-0.05, 0) is 6.42 Å². The largest absolute Gasteiger partial charge is 0.468 e. The summed E-state index contributed by atoms with van der Waals surface area (Å²) in [6.07, 6.45) is 3.49. The molecule has 0 fully saturated rings. The first-order valence-corrected chi connectivity index (χ1v) is 4.13. The van der Waals surface area contributed by atoms with Crippen LogP contribution in [0.15, 0.2) is 0 Å². The molecule has 0 aliphatic heterocycles. The molecule has 0 bridgehead atoms. The lowest BCUT2D eigenvalue weighted by atomic mass is 10.2. The quantitative estimate of drug-likeness (QED) is 0.381. The van der Waals surface area contributed by atoms with Crippen LogP contribution in [0.2, 0.25) is 0 Å². The summed E-state index contributed by atoms with van der Waals surface area (Å²) in [5, 5.41) is 9.30. The second-order valence-corrected chi connectivity index (χ2v) is 2.54. The summed E-state index contributed by atoms with van der Waals surface area (Å²) in [6.45, 7) is 2.08. The van der Waals surface area contributed by atoms with Crippen LogP contribution in [0.25, 0.3) is 0 Å². The number of carbonyl (C=O) groups excluding carboxylic acids is 1. The van der Waals surface area contributed by atoms with Gasteiger partial charge in [0.15, 0.2) is 0 Å². The normalized spacial score (nSPS) is 9.17. The number of amidine groups is 1. The Morgan fingerprint density at radius 3 is 2.67 bits per heavy atom. The summed E-state index contributed by atoms with van der Waals surface area (Å²) in [7, 11) is 1.36. The van der Waals surface area contributed by atoms with Crippen LogP contribution in [0.4, 0.5) is 0 Å². The molecule has 70 valence electrons. The van der Waals surface area contributed by atoms with Crippen molar-refractivity contribution in [3.05, 3.63) is 0 Å². The number of amides is 1. The van der Waals surface area contributed by atoms with E-state index in [9.17, 15) is 4.79 Å². The molecule has 0 aliphatic rings. The van der Waals surface area contributed by atoms with Crippen LogP contribution in [-0.4, -0.2) is 19.0 Å². The first kappa shape index (κ1) is 10.9. The lowest BCUT2D eigenvalue weighted by Gasteiger charge is -2.03. The van der Waals surface area contributed by atoms with Gasteiger partial charge in [-0.2, -0.15) is 0 Å². The van der Waals surface area contributed by atoms with E-state index in [2.05, 4.69) is 17.0 Å². The molecule has 0 aliphatic carbocycles. The fourth-order valence-corrected chi connectivity index (χ4v) is 0.776. The van der Waals surface area contributed by atoms with Crippen molar-refractivity contribution in [1.29, 1.82) is 5.41 Å². The fraction of sp³-hybridized carbons (Fsp3) is 0.750. The molecule has 12 heavy (non-hydrogen) atoms. The first-order chi connectivity index (χ1) is 5.70. The molecule has 2 N–H and O–H groups in total. The Labute approximate surface area is 72.8 Å². The minimum absolute atomic E-state index is 0.143. The molecule has 0 unspecified atom stereocenters. The van der Waals surface area contributed by atoms with E-state index >= 15 is 0 Å². The van der Waals surface area contributed by atoms with Gasteiger partial charge < -0.3 is 4.74 Å². The van der Waals surface area contributed by atoms with E-state index in [-0.39, 0.29) is 11.9 Å². The van der Waals surface area contributed by atoms with Crippen molar-refractivity contribution in [2.24, 2.45) is 0 Å². The highest BCUT2D eigenvalue weighted by atomic mass is 16.5. The van der Waals surface area contributed by atoms with Gasteiger partial charge in [0.25, 0.3) is 6.02 Å². The van der Waals surface area contributed by atoms with E-state index in [1.165, 1.54) is 7.11 Å². The molecule has 0 heterocycles. The molecular formula is C8H16N2O2. The second kappa shape index (κ2) is 6.64. The van der Waals surface area contributed by atoms with E-state index in [1.807, 2.05) is 0 Å². The van der Waals surface area contributed by atoms with E-state index in [1.54, 1.807) is 0 Å². The molecule has 0 aromatic rings. The van der Waals surface area contributed by atoms with E-state index in [0.29, 0.717) is 6.42 Å². The molecule has 4 nitrogen and oxygen atoms in total. The van der Waals surface area contributed by atoms with Crippen molar-refractivity contribution >= 4 is 11.9 Å². The molecule has 0 saturated heterocycles. The number of unbranched alkanes of at least 4 members (excludes halogenated alkanes) is 2.